The monoisotopic (exact) mass is 525 g/mol. The van der Waals surface area contributed by atoms with Crippen molar-refractivity contribution >= 4 is 40.2 Å². The number of aromatic nitrogens is 4. The molecule has 19 nitrogen and oxygen atoms in total. The fourth-order valence-corrected chi connectivity index (χ4v) is 5.05. The molecule has 1 fully saturated rings. The maximum absolute atomic E-state index is 12.1. The van der Waals surface area contributed by atoms with E-state index in [2.05, 4.69) is 19.3 Å². The first-order chi connectivity index (χ1) is 14.4. The van der Waals surface area contributed by atoms with Crippen molar-refractivity contribution in [2.75, 3.05) is 12.3 Å². The van der Waals surface area contributed by atoms with E-state index >= 15 is 0 Å². The van der Waals surface area contributed by atoms with E-state index in [9.17, 15) is 38.8 Å². The van der Waals surface area contributed by atoms with Gasteiger partial charge in [-0.15, -0.1) is 0 Å². The Bertz CT molecular complexity index is 1090. The molecule has 11 N–H and O–H groups in total. The van der Waals surface area contributed by atoms with Crippen LogP contribution in [0.3, 0.4) is 0 Å². The molecule has 3 rings (SSSR count). The number of imidazole rings is 1. The highest BCUT2D eigenvalue weighted by molar-refractivity contribution is 7.60. The molecule has 2 aromatic heterocycles. The molecule has 1 aliphatic heterocycles. The van der Waals surface area contributed by atoms with E-state index in [4.69, 9.17) is 30.0 Å². The predicted octanol–water partition coefficient (Wildman–Crippen LogP) is -3.50. The van der Waals surface area contributed by atoms with E-state index in [1.54, 1.807) is 0 Å². The molecule has 22 heteroatoms. The minimum atomic E-state index is -5.22. The summed E-state index contributed by atoms with van der Waals surface area (Å²) < 4.78 is 40.3. The molecule has 0 bridgehead atoms. The van der Waals surface area contributed by atoms with Crippen LogP contribution in [0.4, 0.5) is 5.82 Å². The third kappa shape index (κ3) is 5.39. The minimum absolute atomic E-state index is 0.0399. The van der Waals surface area contributed by atoms with Crippen LogP contribution in [-0.4, -0.2) is 89.1 Å². The Hall–Kier alpha value is -1.40. The van der Waals surface area contributed by atoms with Crippen molar-refractivity contribution in [3.8, 4) is 0 Å². The normalized spacial score (nSPS) is 26.7. The molecule has 0 saturated carbocycles. The van der Waals surface area contributed by atoms with Crippen LogP contribution in [0.15, 0.2) is 12.7 Å². The molecule has 3 heterocycles. The van der Waals surface area contributed by atoms with Crippen LogP contribution in [0.25, 0.3) is 11.2 Å². The van der Waals surface area contributed by atoms with E-state index in [0.717, 1.165) is 17.2 Å². The third-order valence-electron chi connectivity index (χ3n) is 3.93. The van der Waals surface area contributed by atoms with E-state index in [0.29, 0.717) is 0 Å². The van der Waals surface area contributed by atoms with Gasteiger partial charge in [0.05, 0.1) is 6.61 Å². The Labute approximate surface area is 176 Å². The van der Waals surface area contributed by atoms with Gasteiger partial charge in [-0.05, 0) is 0 Å². The lowest BCUT2D eigenvalue weighted by Crippen LogP contribution is -2.45. The first-order valence-corrected chi connectivity index (χ1v) is 12.6. The van der Waals surface area contributed by atoms with E-state index < -0.39 is 53.6 Å². The summed E-state index contributed by atoms with van der Waals surface area (Å²) in [6.45, 7) is -0.760. The fraction of sp³-hybridized carbons (Fsp3) is 0.500. The Kier molecular flexibility index (Phi) is 7.63. The lowest BCUT2D eigenvalue weighted by atomic mass is 10.1. The van der Waals surface area contributed by atoms with Crippen LogP contribution in [-0.2, 0) is 28.2 Å². The van der Waals surface area contributed by atoms with Gasteiger partial charge in [-0.1, -0.05) is 0 Å². The number of ether oxygens (including phenoxy) is 1. The molecule has 1 aliphatic rings. The zero-order valence-corrected chi connectivity index (χ0v) is 18.1. The summed E-state index contributed by atoms with van der Waals surface area (Å²) in [5.41, 5.74) is 2.86. The number of aliphatic hydroxyl groups excluding tert-OH is 3. The molecule has 0 radical (unpaired) electrons. The maximum Gasteiger partial charge on any atom is 0.478 e. The van der Waals surface area contributed by atoms with Gasteiger partial charge in [-0.25, -0.2) is 24.1 Å². The van der Waals surface area contributed by atoms with Gasteiger partial charge in [0.2, 0.25) is 0 Å². The lowest BCUT2D eigenvalue weighted by molar-refractivity contribution is -0.0985. The van der Waals surface area contributed by atoms with Crippen molar-refractivity contribution in [3.05, 3.63) is 12.7 Å². The second kappa shape index (κ2) is 9.09. The van der Waals surface area contributed by atoms with Crippen molar-refractivity contribution in [1.82, 2.24) is 19.5 Å². The summed E-state index contributed by atoms with van der Waals surface area (Å²) in [5.74, 6) is -0.0404. The first kappa shape index (κ1) is 26.8. The van der Waals surface area contributed by atoms with Gasteiger partial charge in [0.15, 0.2) is 11.5 Å². The SMILES string of the molecule is Nc1ncnc2c1ncn2[C@]1(P(=O)(O)O)O[C@H](CO)[C@@H](O)[C@H]1O.O=P(O)(O)OP(=O)(O)O. The number of hydrogen-bond donors (Lipinski definition) is 10. The molecular weight excluding hydrogens is 507 g/mol. The van der Waals surface area contributed by atoms with E-state index in [1.807, 2.05) is 0 Å². The standard InChI is InChI=1S/C10H14N5O7P.H4O7P2/c11-8-5-9(13-2-12-8)15(3-14-5)10(23(19,20)21)7(18)6(17)4(1-16)22-10;1-8(2,3)7-9(4,5)6/h2-4,6-7,16-18H,1H2,(H2,11,12,13)(H2,19,20,21);(H2,1,2,3)(H2,4,5,6)/t4-,6-,7-,10+;/m1./s1. The van der Waals surface area contributed by atoms with Crippen LogP contribution in [0.5, 0.6) is 0 Å². The summed E-state index contributed by atoms with van der Waals surface area (Å²) in [5, 5.41) is 29.3. The number of hydrogen-bond acceptors (Lipinski definition) is 12. The van der Waals surface area contributed by atoms with Crippen LogP contribution < -0.4 is 5.73 Å². The van der Waals surface area contributed by atoms with Gasteiger partial charge in [0.1, 0.15) is 36.5 Å². The molecular formula is C10H18N5O14P3. The maximum atomic E-state index is 12.1. The van der Waals surface area contributed by atoms with E-state index in [1.165, 1.54) is 0 Å². The molecule has 32 heavy (non-hydrogen) atoms. The molecule has 0 aliphatic carbocycles. The van der Waals surface area contributed by atoms with Crippen molar-refractivity contribution in [2.24, 2.45) is 0 Å². The topological polar surface area (TPSA) is 321 Å². The average Bonchev–Trinajstić information content (AvgIpc) is 3.14. The highest BCUT2D eigenvalue weighted by atomic mass is 31.3. The highest BCUT2D eigenvalue weighted by Gasteiger charge is 2.66. The number of rotatable bonds is 5. The number of fused-ring (bicyclic) bond motifs is 1. The molecule has 0 spiro atoms. The summed E-state index contributed by atoms with van der Waals surface area (Å²) in [4.78, 5) is 62.0. The fourth-order valence-electron chi connectivity index (χ4n) is 2.74. The van der Waals surface area contributed by atoms with Crippen LogP contribution in [0.2, 0.25) is 0 Å². The number of aliphatic hydroxyl groups is 3. The van der Waals surface area contributed by atoms with Gasteiger partial charge in [-0.3, -0.25) is 9.13 Å². The first-order valence-electron chi connectivity index (χ1n) is 7.91. The molecule has 4 atom stereocenters. The molecule has 2 aromatic rings. The Morgan fingerprint density at radius 2 is 1.62 bits per heavy atom. The van der Waals surface area contributed by atoms with Crippen LogP contribution in [0.1, 0.15) is 0 Å². The number of nitrogens with two attached hydrogens (primary N) is 1. The summed E-state index contributed by atoms with van der Waals surface area (Å²) in [6.07, 6.45) is -3.18. The van der Waals surface area contributed by atoms with E-state index in [-0.39, 0.29) is 17.0 Å². The average molecular weight is 525 g/mol. The minimum Gasteiger partial charge on any atom is -0.394 e. The van der Waals surface area contributed by atoms with Crippen LogP contribution >= 0.6 is 23.2 Å². The Morgan fingerprint density at radius 3 is 2.03 bits per heavy atom. The molecule has 1 saturated heterocycles. The Balaban J connectivity index is 0.000000344. The van der Waals surface area contributed by atoms with Crippen molar-refractivity contribution in [2.45, 2.75) is 23.8 Å². The molecule has 0 unspecified atom stereocenters. The van der Waals surface area contributed by atoms with Crippen LogP contribution in [0, 0.1) is 0 Å². The zero-order chi connectivity index (χ0) is 24.7. The van der Waals surface area contributed by atoms with Crippen molar-refractivity contribution in [3.63, 3.8) is 0 Å². The smallest absolute Gasteiger partial charge is 0.394 e. The van der Waals surface area contributed by atoms with Gasteiger partial charge in [0.25, 0.3) is 5.47 Å². The summed E-state index contributed by atoms with van der Waals surface area (Å²) in [7, 11) is -15.3. The summed E-state index contributed by atoms with van der Waals surface area (Å²) in [6, 6.07) is 0. The highest BCUT2D eigenvalue weighted by Crippen LogP contribution is 2.61. The molecule has 182 valence electrons. The number of anilines is 1. The van der Waals surface area contributed by atoms with Gasteiger partial charge < -0.3 is 55.2 Å². The van der Waals surface area contributed by atoms with Gasteiger partial charge in [0, 0.05) is 0 Å². The van der Waals surface area contributed by atoms with Crippen molar-refractivity contribution in [1.29, 1.82) is 0 Å². The van der Waals surface area contributed by atoms with Crippen molar-refractivity contribution < 1.29 is 67.4 Å². The summed E-state index contributed by atoms with van der Waals surface area (Å²) >= 11 is 0. The number of nitrogens with zero attached hydrogens (tertiary/aromatic N) is 4. The largest absolute Gasteiger partial charge is 0.478 e. The van der Waals surface area contributed by atoms with Gasteiger partial charge in [-0.2, -0.15) is 4.31 Å². The zero-order valence-electron chi connectivity index (χ0n) is 15.4. The molecule has 0 aromatic carbocycles. The molecule has 0 amide bonds. The van der Waals surface area contributed by atoms with Gasteiger partial charge >= 0.3 is 23.2 Å². The number of nitrogen functional groups attached to an aromatic ring is 1. The second-order valence-corrected chi connectivity index (χ2v) is 10.4. The number of phosphoric acid groups is 2. The Morgan fingerprint density at radius 1 is 1.06 bits per heavy atom. The lowest BCUT2D eigenvalue weighted by Gasteiger charge is -2.33. The quantitative estimate of drug-likeness (QED) is 0.169. The third-order valence-corrected chi connectivity index (χ3v) is 7.05. The second-order valence-electron chi connectivity index (χ2n) is 6.09. The predicted molar refractivity (Wildman–Crippen MR) is 98.9 cm³/mol.